The first-order valence-corrected chi connectivity index (χ1v) is 12.2. The highest BCUT2D eigenvalue weighted by atomic mass is 16.6. The van der Waals surface area contributed by atoms with Crippen molar-refractivity contribution in [3.05, 3.63) is 66.2 Å². The molecule has 34 heavy (non-hydrogen) atoms. The van der Waals surface area contributed by atoms with Crippen LogP contribution >= 0.6 is 0 Å². The minimum Gasteiger partial charge on any atom is -0.490 e. The van der Waals surface area contributed by atoms with Crippen molar-refractivity contribution in [2.45, 2.75) is 39.5 Å². The van der Waals surface area contributed by atoms with E-state index in [1.165, 1.54) is 35.6 Å². The van der Waals surface area contributed by atoms with Crippen LogP contribution in [0.3, 0.4) is 0 Å². The van der Waals surface area contributed by atoms with Crippen molar-refractivity contribution in [3.8, 4) is 5.75 Å². The van der Waals surface area contributed by atoms with E-state index in [4.69, 9.17) is 18.9 Å². The molecular formula is C29H36O5. The van der Waals surface area contributed by atoms with Crippen LogP contribution in [0.1, 0.15) is 38.7 Å². The van der Waals surface area contributed by atoms with E-state index in [0.717, 1.165) is 22.9 Å². The Labute approximate surface area is 202 Å². The van der Waals surface area contributed by atoms with Crippen LogP contribution in [0.5, 0.6) is 5.75 Å². The molecule has 182 valence electrons. The van der Waals surface area contributed by atoms with E-state index in [0.29, 0.717) is 38.6 Å². The summed E-state index contributed by atoms with van der Waals surface area (Å²) in [6.45, 7) is 9.75. The lowest BCUT2D eigenvalue weighted by molar-refractivity contribution is -0.140. The number of ether oxygens (including phenoxy) is 4. The molecule has 0 aliphatic heterocycles. The summed E-state index contributed by atoms with van der Waals surface area (Å²) >= 11 is 0. The van der Waals surface area contributed by atoms with Gasteiger partial charge in [-0.25, -0.2) is 4.79 Å². The lowest BCUT2D eigenvalue weighted by Crippen LogP contribution is -2.14. The molecule has 0 radical (unpaired) electrons. The van der Waals surface area contributed by atoms with E-state index in [1.54, 1.807) is 6.92 Å². The molecule has 0 heterocycles. The third-order valence-corrected chi connectivity index (χ3v) is 5.60. The van der Waals surface area contributed by atoms with Gasteiger partial charge in [0.2, 0.25) is 0 Å². The normalized spacial score (nSPS) is 11.1. The van der Waals surface area contributed by atoms with Crippen molar-refractivity contribution in [2.24, 2.45) is 0 Å². The largest absolute Gasteiger partial charge is 0.490 e. The molecule has 3 aromatic rings. The van der Waals surface area contributed by atoms with Crippen LogP contribution < -0.4 is 4.74 Å². The number of hydrogen-bond donors (Lipinski definition) is 0. The molecule has 0 aromatic heterocycles. The number of carbonyl (C=O) groups is 1. The van der Waals surface area contributed by atoms with Gasteiger partial charge in [0.15, 0.2) is 0 Å². The standard InChI is InChI=1S/C29H36O5/c1-4-5-6-9-23-12-13-25-21-24-10-7-8-11-26(24)28(27(25)20-23)33-18-16-31-14-15-32-17-19-34-29(30)22(2)3/h7-8,10-13,20-21H,2,4-6,9,14-19H2,1,3H3. The zero-order valence-corrected chi connectivity index (χ0v) is 20.4. The third-order valence-electron chi connectivity index (χ3n) is 5.60. The number of rotatable bonds is 15. The average Bonchev–Trinajstić information content (AvgIpc) is 2.84. The fourth-order valence-corrected chi connectivity index (χ4v) is 3.80. The van der Waals surface area contributed by atoms with Gasteiger partial charge < -0.3 is 18.9 Å². The van der Waals surface area contributed by atoms with Crippen LogP contribution in [0, 0.1) is 0 Å². The Hall–Kier alpha value is -2.89. The van der Waals surface area contributed by atoms with Gasteiger partial charge in [-0.15, -0.1) is 0 Å². The number of fused-ring (bicyclic) bond motifs is 2. The molecule has 0 spiro atoms. The van der Waals surface area contributed by atoms with Crippen LogP contribution in [0.4, 0.5) is 0 Å². The van der Waals surface area contributed by atoms with Crippen molar-refractivity contribution in [3.63, 3.8) is 0 Å². The Morgan fingerprint density at radius 2 is 1.53 bits per heavy atom. The third kappa shape index (κ3) is 7.57. The Morgan fingerprint density at radius 1 is 0.824 bits per heavy atom. The number of carbonyl (C=O) groups excluding carboxylic acids is 1. The lowest BCUT2D eigenvalue weighted by atomic mass is 9.98. The molecule has 0 bridgehead atoms. The second-order valence-corrected chi connectivity index (χ2v) is 8.43. The van der Waals surface area contributed by atoms with Crippen molar-refractivity contribution in [1.82, 2.24) is 0 Å². The molecular weight excluding hydrogens is 428 g/mol. The maximum atomic E-state index is 11.3. The summed E-state index contributed by atoms with van der Waals surface area (Å²) in [5.74, 6) is 0.524. The summed E-state index contributed by atoms with van der Waals surface area (Å²) in [5, 5.41) is 4.63. The summed E-state index contributed by atoms with van der Waals surface area (Å²) in [5.41, 5.74) is 1.73. The molecule has 0 saturated carbocycles. The number of aryl methyl sites for hydroxylation is 1. The SMILES string of the molecule is C=C(C)C(=O)OCCOCCOCCOc1c2ccccc2cc2ccc(CCCCC)cc12. The minimum absolute atomic E-state index is 0.212. The highest BCUT2D eigenvalue weighted by Crippen LogP contribution is 2.35. The second-order valence-electron chi connectivity index (χ2n) is 8.43. The summed E-state index contributed by atoms with van der Waals surface area (Å²) in [6.07, 6.45) is 4.77. The first kappa shape index (κ1) is 25.7. The van der Waals surface area contributed by atoms with Crippen molar-refractivity contribution in [2.75, 3.05) is 39.6 Å². The van der Waals surface area contributed by atoms with E-state index < -0.39 is 5.97 Å². The topological polar surface area (TPSA) is 54.0 Å². The van der Waals surface area contributed by atoms with Crippen molar-refractivity contribution < 1.29 is 23.7 Å². The van der Waals surface area contributed by atoms with Gasteiger partial charge in [0.1, 0.15) is 19.0 Å². The number of unbranched alkanes of at least 4 members (excludes halogenated alkanes) is 2. The van der Waals surface area contributed by atoms with E-state index in [1.807, 2.05) is 6.07 Å². The van der Waals surface area contributed by atoms with Crippen molar-refractivity contribution >= 4 is 27.5 Å². The quantitative estimate of drug-likeness (QED) is 0.115. The molecule has 5 heteroatoms. The maximum absolute atomic E-state index is 11.3. The minimum atomic E-state index is -0.397. The molecule has 0 aliphatic rings. The van der Waals surface area contributed by atoms with E-state index in [-0.39, 0.29) is 6.61 Å². The van der Waals surface area contributed by atoms with Gasteiger partial charge in [-0.1, -0.05) is 62.7 Å². The molecule has 0 aliphatic carbocycles. The predicted molar refractivity (Wildman–Crippen MR) is 138 cm³/mol. The average molecular weight is 465 g/mol. The summed E-state index contributed by atoms with van der Waals surface area (Å²) < 4.78 is 22.3. The van der Waals surface area contributed by atoms with E-state index >= 15 is 0 Å². The molecule has 0 atom stereocenters. The van der Waals surface area contributed by atoms with Crippen LogP contribution in [0.25, 0.3) is 21.5 Å². The molecule has 5 nitrogen and oxygen atoms in total. The van der Waals surface area contributed by atoms with Crippen LogP contribution in [-0.2, 0) is 25.4 Å². The first-order chi connectivity index (χ1) is 16.6. The molecule has 0 unspecified atom stereocenters. The van der Waals surface area contributed by atoms with Gasteiger partial charge >= 0.3 is 5.97 Å². The van der Waals surface area contributed by atoms with Crippen LogP contribution in [0.2, 0.25) is 0 Å². The highest BCUT2D eigenvalue weighted by Gasteiger charge is 2.10. The van der Waals surface area contributed by atoms with Gasteiger partial charge in [0, 0.05) is 16.3 Å². The summed E-state index contributed by atoms with van der Waals surface area (Å²) in [7, 11) is 0. The smallest absolute Gasteiger partial charge is 0.333 e. The fourth-order valence-electron chi connectivity index (χ4n) is 3.80. The van der Waals surface area contributed by atoms with Gasteiger partial charge in [-0.05, 0) is 48.2 Å². The zero-order valence-electron chi connectivity index (χ0n) is 20.4. The Bertz CT molecular complexity index is 1090. The number of hydrogen-bond acceptors (Lipinski definition) is 5. The Morgan fingerprint density at radius 3 is 2.29 bits per heavy atom. The lowest BCUT2D eigenvalue weighted by Gasteiger charge is -2.14. The van der Waals surface area contributed by atoms with Gasteiger partial charge in [-0.3, -0.25) is 0 Å². The fraction of sp³-hybridized carbons (Fsp3) is 0.414. The molecule has 0 N–H and O–H groups in total. The van der Waals surface area contributed by atoms with Gasteiger partial charge in [-0.2, -0.15) is 0 Å². The van der Waals surface area contributed by atoms with Gasteiger partial charge in [0.05, 0.1) is 26.4 Å². The monoisotopic (exact) mass is 464 g/mol. The molecule has 3 rings (SSSR count). The van der Waals surface area contributed by atoms with E-state index in [9.17, 15) is 4.79 Å². The Balaban J connectivity index is 1.52. The molecule has 0 fully saturated rings. The highest BCUT2D eigenvalue weighted by molar-refractivity contribution is 6.05. The maximum Gasteiger partial charge on any atom is 0.333 e. The summed E-state index contributed by atoms with van der Waals surface area (Å²) in [4.78, 5) is 11.3. The predicted octanol–water partition coefficient (Wildman–Crippen LogP) is 6.26. The molecule has 0 saturated heterocycles. The van der Waals surface area contributed by atoms with Crippen molar-refractivity contribution in [1.29, 1.82) is 0 Å². The van der Waals surface area contributed by atoms with E-state index in [2.05, 4.69) is 56.0 Å². The molecule has 3 aromatic carbocycles. The Kier molecular flexibility index (Phi) is 10.4. The summed E-state index contributed by atoms with van der Waals surface area (Å²) in [6, 6.07) is 17.3. The van der Waals surface area contributed by atoms with Crippen LogP contribution in [-0.4, -0.2) is 45.6 Å². The van der Waals surface area contributed by atoms with Gasteiger partial charge in [0.25, 0.3) is 0 Å². The number of esters is 1. The number of benzene rings is 3. The molecule has 0 amide bonds. The second kappa shape index (κ2) is 13.7. The first-order valence-electron chi connectivity index (χ1n) is 12.2. The van der Waals surface area contributed by atoms with Crippen LogP contribution in [0.15, 0.2) is 60.7 Å². The zero-order chi connectivity index (χ0) is 24.2.